The Labute approximate surface area is 127 Å². The maximum absolute atomic E-state index is 12.9. The molecule has 0 amide bonds. The molecular formula is C13H16N4O2S2. The monoisotopic (exact) mass is 324 g/mol. The highest BCUT2D eigenvalue weighted by Gasteiger charge is 2.33. The molecule has 0 saturated carbocycles. The van der Waals surface area contributed by atoms with Crippen molar-refractivity contribution in [3.05, 3.63) is 30.0 Å². The fraction of sp³-hybridized carbons (Fsp3) is 0.308. The highest BCUT2D eigenvalue weighted by Crippen LogP contribution is 2.37. The molecule has 1 aromatic carbocycles. The number of aryl methyl sites for hydroxylation is 1. The first kappa shape index (κ1) is 14.2. The van der Waals surface area contributed by atoms with E-state index in [1.807, 2.05) is 31.3 Å². The molecule has 0 aliphatic carbocycles. The van der Waals surface area contributed by atoms with Gasteiger partial charge in [0.05, 0.1) is 23.6 Å². The number of para-hydroxylation sites is 2. The summed E-state index contributed by atoms with van der Waals surface area (Å²) in [5.74, 6) is 0. The second-order valence-electron chi connectivity index (χ2n) is 4.91. The van der Waals surface area contributed by atoms with Crippen molar-refractivity contribution < 1.29 is 8.42 Å². The smallest absolute Gasteiger partial charge is 0.275 e. The molecule has 0 spiro atoms. The van der Waals surface area contributed by atoms with Gasteiger partial charge in [0, 0.05) is 13.6 Å². The van der Waals surface area contributed by atoms with Gasteiger partial charge in [0.2, 0.25) is 0 Å². The molecule has 1 aromatic heterocycles. The normalized spacial score (nSPS) is 15.1. The van der Waals surface area contributed by atoms with E-state index < -0.39 is 10.0 Å². The number of hydrogen-bond acceptors (Lipinski definition) is 6. The minimum atomic E-state index is -3.63. The van der Waals surface area contributed by atoms with Crippen molar-refractivity contribution in [1.29, 1.82) is 0 Å². The molecule has 1 aliphatic rings. The lowest BCUT2D eigenvalue weighted by molar-refractivity contribution is 0.590. The molecule has 0 radical (unpaired) electrons. The third kappa shape index (κ3) is 2.24. The number of nitrogens with two attached hydrogens (primary N) is 1. The number of sulfonamides is 1. The minimum Gasteiger partial charge on any atom is -0.375 e. The van der Waals surface area contributed by atoms with Crippen LogP contribution in [0.4, 0.5) is 16.5 Å². The SMILES string of the molecule is Cc1nc(N)sc1S(=O)(=O)N1CCN(C)c2ccccc21. The number of nitrogens with zero attached hydrogens (tertiary/aromatic N) is 3. The van der Waals surface area contributed by atoms with Gasteiger partial charge in [0.25, 0.3) is 10.0 Å². The van der Waals surface area contributed by atoms with Crippen molar-refractivity contribution in [2.24, 2.45) is 0 Å². The summed E-state index contributed by atoms with van der Waals surface area (Å²) in [5, 5.41) is 0.272. The van der Waals surface area contributed by atoms with Crippen LogP contribution in [0.2, 0.25) is 0 Å². The Balaban J connectivity index is 2.13. The van der Waals surface area contributed by atoms with Gasteiger partial charge in [-0.15, -0.1) is 0 Å². The van der Waals surface area contributed by atoms with E-state index in [1.54, 1.807) is 6.92 Å². The summed E-state index contributed by atoms with van der Waals surface area (Å²) in [4.78, 5) is 6.07. The third-order valence-electron chi connectivity index (χ3n) is 3.50. The van der Waals surface area contributed by atoms with Gasteiger partial charge in [0.1, 0.15) is 0 Å². The average Bonchev–Trinajstić information content (AvgIpc) is 2.79. The van der Waals surface area contributed by atoms with Crippen LogP contribution in [0, 0.1) is 6.92 Å². The fourth-order valence-electron chi connectivity index (χ4n) is 2.47. The van der Waals surface area contributed by atoms with Crippen LogP contribution in [0.3, 0.4) is 0 Å². The van der Waals surface area contributed by atoms with Crippen LogP contribution in [-0.2, 0) is 10.0 Å². The van der Waals surface area contributed by atoms with Gasteiger partial charge < -0.3 is 10.6 Å². The molecule has 2 N–H and O–H groups in total. The van der Waals surface area contributed by atoms with E-state index >= 15 is 0 Å². The Kier molecular flexibility index (Phi) is 3.29. The van der Waals surface area contributed by atoms with Crippen molar-refractivity contribution in [3.8, 4) is 0 Å². The minimum absolute atomic E-state index is 0.222. The molecule has 112 valence electrons. The van der Waals surface area contributed by atoms with Crippen molar-refractivity contribution in [2.45, 2.75) is 11.1 Å². The van der Waals surface area contributed by atoms with Crippen LogP contribution >= 0.6 is 11.3 Å². The summed E-state index contributed by atoms with van der Waals surface area (Å²) >= 11 is 1.01. The Morgan fingerprint density at radius 3 is 2.52 bits per heavy atom. The molecular weight excluding hydrogens is 308 g/mol. The van der Waals surface area contributed by atoms with E-state index in [2.05, 4.69) is 9.88 Å². The first-order valence-electron chi connectivity index (χ1n) is 6.47. The van der Waals surface area contributed by atoms with Gasteiger partial charge in [-0.1, -0.05) is 23.5 Å². The lowest BCUT2D eigenvalue weighted by Gasteiger charge is -2.35. The molecule has 2 aromatic rings. The molecule has 6 nitrogen and oxygen atoms in total. The molecule has 2 heterocycles. The maximum Gasteiger partial charge on any atom is 0.275 e. The number of aromatic nitrogens is 1. The van der Waals surface area contributed by atoms with Gasteiger partial charge in [-0.05, 0) is 19.1 Å². The van der Waals surface area contributed by atoms with Crippen LogP contribution in [0.5, 0.6) is 0 Å². The number of rotatable bonds is 2. The number of fused-ring (bicyclic) bond motifs is 1. The van der Waals surface area contributed by atoms with E-state index in [-0.39, 0.29) is 9.34 Å². The van der Waals surface area contributed by atoms with Gasteiger partial charge in [-0.2, -0.15) is 0 Å². The van der Waals surface area contributed by atoms with Crippen molar-refractivity contribution >= 4 is 37.9 Å². The average molecular weight is 324 g/mol. The molecule has 0 atom stereocenters. The molecule has 0 fully saturated rings. The summed E-state index contributed by atoms with van der Waals surface area (Å²) in [6, 6.07) is 7.49. The van der Waals surface area contributed by atoms with E-state index in [9.17, 15) is 8.42 Å². The van der Waals surface area contributed by atoms with Crippen LogP contribution in [0.15, 0.2) is 28.5 Å². The summed E-state index contributed by atoms with van der Waals surface area (Å²) in [5.41, 5.74) is 7.69. The third-order valence-corrected chi connectivity index (χ3v) is 6.88. The first-order chi connectivity index (χ1) is 9.91. The fourth-order valence-corrected chi connectivity index (χ4v) is 5.34. The Bertz CT molecular complexity index is 785. The van der Waals surface area contributed by atoms with Crippen LogP contribution in [0.1, 0.15) is 5.69 Å². The van der Waals surface area contributed by atoms with E-state index in [1.165, 1.54) is 4.31 Å². The lowest BCUT2D eigenvalue weighted by Crippen LogP contribution is -2.42. The number of anilines is 3. The molecule has 0 bridgehead atoms. The van der Waals surface area contributed by atoms with E-state index in [0.29, 0.717) is 24.5 Å². The molecule has 8 heteroatoms. The Morgan fingerprint density at radius 1 is 1.24 bits per heavy atom. The molecule has 3 rings (SSSR count). The first-order valence-corrected chi connectivity index (χ1v) is 8.72. The molecule has 21 heavy (non-hydrogen) atoms. The number of benzene rings is 1. The van der Waals surface area contributed by atoms with Crippen LogP contribution < -0.4 is 14.9 Å². The van der Waals surface area contributed by atoms with Crippen molar-refractivity contribution in [1.82, 2.24) is 4.98 Å². The molecule has 1 aliphatic heterocycles. The highest BCUT2D eigenvalue weighted by atomic mass is 32.2. The Morgan fingerprint density at radius 2 is 1.90 bits per heavy atom. The van der Waals surface area contributed by atoms with E-state index in [4.69, 9.17) is 5.73 Å². The molecule has 0 unspecified atom stereocenters. The summed E-state index contributed by atoms with van der Waals surface area (Å²) in [7, 11) is -1.67. The van der Waals surface area contributed by atoms with E-state index in [0.717, 1.165) is 17.0 Å². The maximum atomic E-state index is 12.9. The predicted molar refractivity (Wildman–Crippen MR) is 85.5 cm³/mol. The van der Waals surface area contributed by atoms with Gasteiger partial charge in [0.15, 0.2) is 9.34 Å². The second-order valence-corrected chi connectivity index (χ2v) is 8.00. The summed E-state index contributed by atoms with van der Waals surface area (Å²) < 4.78 is 27.5. The van der Waals surface area contributed by atoms with Crippen molar-refractivity contribution in [2.75, 3.05) is 35.1 Å². The highest BCUT2D eigenvalue weighted by molar-refractivity contribution is 7.95. The second kappa shape index (κ2) is 4.88. The standard InChI is InChI=1S/C13H16N4O2S2/c1-9-12(20-13(14)15-9)21(18,19)17-8-7-16(2)10-5-3-4-6-11(10)17/h3-6H,7-8H2,1-2H3,(H2,14,15). The zero-order valence-corrected chi connectivity index (χ0v) is 13.4. The largest absolute Gasteiger partial charge is 0.375 e. The van der Waals surface area contributed by atoms with Gasteiger partial charge >= 0.3 is 0 Å². The van der Waals surface area contributed by atoms with Crippen molar-refractivity contribution in [3.63, 3.8) is 0 Å². The number of nitrogen functional groups attached to an aromatic ring is 1. The quantitative estimate of drug-likeness (QED) is 0.909. The Hall–Kier alpha value is -1.80. The van der Waals surface area contributed by atoms with Gasteiger partial charge in [-0.3, -0.25) is 4.31 Å². The summed E-state index contributed by atoms with van der Waals surface area (Å²) in [6.45, 7) is 2.72. The summed E-state index contributed by atoms with van der Waals surface area (Å²) in [6.07, 6.45) is 0. The zero-order valence-electron chi connectivity index (χ0n) is 11.8. The number of likely N-dealkylation sites (N-methyl/N-ethyl adjacent to an activating group) is 1. The van der Waals surface area contributed by atoms with Crippen LogP contribution in [0.25, 0.3) is 0 Å². The van der Waals surface area contributed by atoms with Gasteiger partial charge in [-0.25, -0.2) is 13.4 Å². The van der Waals surface area contributed by atoms with Crippen LogP contribution in [-0.4, -0.2) is 33.5 Å². The lowest BCUT2D eigenvalue weighted by atomic mass is 10.2. The molecule has 0 saturated heterocycles. The zero-order chi connectivity index (χ0) is 15.2. The topological polar surface area (TPSA) is 79.5 Å². The predicted octanol–water partition coefficient (Wildman–Crippen LogP) is 1.68. The number of hydrogen-bond donors (Lipinski definition) is 1. The number of thiazole rings is 1.